The highest BCUT2D eigenvalue weighted by Crippen LogP contribution is 2.23. The van der Waals surface area contributed by atoms with Gasteiger partial charge in [0.25, 0.3) is 0 Å². The number of aliphatic hydroxyl groups excluding tert-OH is 1. The molecule has 1 aromatic carbocycles. The summed E-state index contributed by atoms with van der Waals surface area (Å²) in [4.78, 5) is 4.40. The van der Waals surface area contributed by atoms with Crippen LogP contribution in [0, 0.1) is 0 Å². The van der Waals surface area contributed by atoms with Crippen LogP contribution in [0.15, 0.2) is 18.2 Å². The lowest BCUT2D eigenvalue weighted by molar-refractivity contribution is 0.167. The number of methoxy groups -OCH3 is 1. The third kappa shape index (κ3) is 2.44. The van der Waals surface area contributed by atoms with Gasteiger partial charge in [-0.15, -0.1) is 0 Å². The van der Waals surface area contributed by atoms with E-state index < -0.39 is 6.10 Å². The third-order valence-electron chi connectivity index (χ3n) is 2.63. The van der Waals surface area contributed by atoms with E-state index >= 15 is 0 Å². The molecule has 0 radical (unpaired) electrons. The predicted molar refractivity (Wildman–Crippen MR) is 67.3 cm³/mol. The highest BCUT2D eigenvalue weighted by Gasteiger charge is 2.14. The van der Waals surface area contributed by atoms with Crippen molar-refractivity contribution in [2.75, 3.05) is 13.7 Å². The molecular formula is C12H15ClN2O2. The van der Waals surface area contributed by atoms with E-state index in [0.29, 0.717) is 24.0 Å². The molecule has 0 unspecified atom stereocenters. The minimum absolute atomic E-state index is 0.577. The van der Waals surface area contributed by atoms with Gasteiger partial charge in [0.15, 0.2) is 0 Å². The Kier molecular flexibility index (Phi) is 3.66. The maximum atomic E-state index is 9.72. The van der Waals surface area contributed by atoms with Crippen LogP contribution in [0.3, 0.4) is 0 Å². The van der Waals surface area contributed by atoms with Crippen molar-refractivity contribution in [3.8, 4) is 0 Å². The number of aromatic nitrogens is 2. The zero-order valence-corrected chi connectivity index (χ0v) is 10.6. The number of benzene rings is 1. The average Bonchev–Trinajstić information content (AvgIpc) is 2.64. The van der Waals surface area contributed by atoms with E-state index in [2.05, 4.69) is 4.98 Å². The zero-order valence-electron chi connectivity index (χ0n) is 9.85. The average molecular weight is 255 g/mol. The fourth-order valence-corrected chi connectivity index (χ4v) is 2.02. The molecule has 2 aromatic rings. The van der Waals surface area contributed by atoms with Gasteiger partial charge in [-0.25, -0.2) is 4.98 Å². The van der Waals surface area contributed by atoms with Gasteiger partial charge in [-0.1, -0.05) is 11.6 Å². The van der Waals surface area contributed by atoms with Gasteiger partial charge in [-0.05, 0) is 25.1 Å². The second-order valence-electron chi connectivity index (χ2n) is 3.92. The highest BCUT2D eigenvalue weighted by molar-refractivity contribution is 6.31. The maximum absolute atomic E-state index is 9.72. The fourth-order valence-electron chi connectivity index (χ4n) is 1.86. The molecule has 0 aliphatic heterocycles. The second kappa shape index (κ2) is 5.04. The van der Waals surface area contributed by atoms with Gasteiger partial charge in [0.2, 0.25) is 0 Å². The third-order valence-corrected chi connectivity index (χ3v) is 2.87. The summed E-state index contributed by atoms with van der Waals surface area (Å²) in [5.74, 6) is 0.638. The van der Waals surface area contributed by atoms with Crippen LogP contribution < -0.4 is 0 Å². The SMILES string of the molecule is COCCn1c([C@H](C)O)nc2cc(Cl)ccc21. The molecule has 2 rings (SSSR count). The van der Waals surface area contributed by atoms with Gasteiger partial charge in [0.1, 0.15) is 11.9 Å². The van der Waals surface area contributed by atoms with Crippen molar-refractivity contribution in [1.29, 1.82) is 0 Å². The van der Waals surface area contributed by atoms with E-state index in [-0.39, 0.29) is 0 Å². The maximum Gasteiger partial charge on any atom is 0.138 e. The minimum atomic E-state index is -0.613. The van der Waals surface area contributed by atoms with Crippen molar-refractivity contribution in [3.05, 3.63) is 29.0 Å². The van der Waals surface area contributed by atoms with Gasteiger partial charge in [-0.3, -0.25) is 0 Å². The second-order valence-corrected chi connectivity index (χ2v) is 4.36. The standard InChI is InChI=1S/C12H15ClN2O2/c1-8(16)12-14-10-7-9(13)3-4-11(10)15(12)5-6-17-2/h3-4,7-8,16H,5-6H2,1-2H3/t8-/m0/s1. The molecule has 0 spiro atoms. The topological polar surface area (TPSA) is 47.3 Å². The van der Waals surface area contributed by atoms with Crippen LogP contribution >= 0.6 is 11.6 Å². The largest absolute Gasteiger partial charge is 0.385 e. The van der Waals surface area contributed by atoms with Crippen LogP contribution in [0.25, 0.3) is 11.0 Å². The first-order valence-electron chi connectivity index (χ1n) is 5.46. The molecule has 0 aliphatic rings. The number of hydrogen-bond acceptors (Lipinski definition) is 3. The van der Waals surface area contributed by atoms with Crippen molar-refractivity contribution in [1.82, 2.24) is 9.55 Å². The van der Waals surface area contributed by atoms with E-state index in [9.17, 15) is 5.11 Å². The molecule has 0 bridgehead atoms. The van der Waals surface area contributed by atoms with Crippen LogP contribution in [0.1, 0.15) is 18.9 Å². The number of fused-ring (bicyclic) bond motifs is 1. The Morgan fingerprint density at radius 1 is 1.53 bits per heavy atom. The molecule has 0 aliphatic carbocycles. The van der Waals surface area contributed by atoms with Crippen molar-refractivity contribution in [3.63, 3.8) is 0 Å². The lowest BCUT2D eigenvalue weighted by Gasteiger charge is -2.10. The van der Waals surface area contributed by atoms with E-state index in [0.717, 1.165) is 11.0 Å². The molecule has 0 saturated heterocycles. The number of nitrogens with zero attached hydrogens (tertiary/aromatic N) is 2. The summed E-state index contributed by atoms with van der Waals surface area (Å²) in [5, 5.41) is 10.4. The van der Waals surface area contributed by atoms with E-state index in [4.69, 9.17) is 16.3 Å². The van der Waals surface area contributed by atoms with Gasteiger partial charge in [0, 0.05) is 18.7 Å². The Hall–Kier alpha value is -1.10. The minimum Gasteiger partial charge on any atom is -0.385 e. The van der Waals surface area contributed by atoms with Gasteiger partial charge < -0.3 is 14.4 Å². The van der Waals surface area contributed by atoms with Crippen molar-refractivity contribution < 1.29 is 9.84 Å². The summed E-state index contributed by atoms with van der Waals surface area (Å²) in [7, 11) is 1.65. The van der Waals surface area contributed by atoms with Crippen LogP contribution in [0.5, 0.6) is 0 Å². The Labute approximate surface area is 105 Å². The Bertz CT molecular complexity index is 522. The number of halogens is 1. The summed E-state index contributed by atoms with van der Waals surface area (Å²) < 4.78 is 7.02. The van der Waals surface area contributed by atoms with Crippen LogP contribution in [0.2, 0.25) is 5.02 Å². The lowest BCUT2D eigenvalue weighted by Crippen LogP contribution is -2.10. The van der Waals surface area contributed by atoms with Crippen LogP contribution in [0.4, 0.5) is 0 Å². The number of aliphatic hydroxyl groups is 1. The smallest absolute Gasteiger partial charge is 0.138 e. The first-order chi connectivity index (χ1) is 8.13. The molecule has 4 nitrogen and oxygen atoms in total. The number of ether oxygens (including phenoxy) is 1. The molecular weight excluding hydrogens is 240 g/mol. The van der Waals surface area contributed by atoms with Crippen molar-refractivity contribution in [2.24, 2.45) is 0 Å². The summed E-state index contributed by atoms with van der Waals surface area (Å²) in [6.45, 7) is 2.94. The molecule has 92 valence electrons. The van der Waals surface area contributed by atoms with Crippen molar-refractivity contribution >= 4 is 22.6 Å². The molecule has 0 saturated carbocycles. The summed E-state index contributed by atoms with van der Waals surface area (Å²) in [6.07, 6.45) is -0.613. The van der Waals surface area contributed by atoms with E-state index in [1.807, 2.05) is 16.7 Å². The molecule has 17 heavy (non-hydrogen) atoms. The van der Waals surface area contributed by atoms with E-state index in [1.54, 1.807) is 20.1 Å². The number of rotatable bonds is 4. The molecule has 5 heteroatoms. The molecule has 1 atom stereocenters. The molecule has 1 aromatic heterocycles. The van der Waals surface area contributed by atoms with Gasteiger partial charge >= 0.3 is 0 Å². The van der Waals surface area contributed by atoms with Crippen molar-refractivity contribution in [2.45, 2.75) is 19.6 Å². The quantitative estimate of drug-likeness (QED) is 0.911. The molecule has 1 heterocycles. The molecule has 0 fully saturated rings. The normalized spacial score (nSPS) is 13.2. The Morgan fingerprint density at radius 2 is 2.29 bits per heavy atom. The summed E-state index contributed by atoms with van der Waals surface area (Å²) >= 11 is 5.93. The lowest BCUT2D eigenvalue weighted by atomic mass is 10.3. The molecule has 0 amide bonds. The monoisotopic (exact) mass is 254 g/mol. The number of hydrogen-bond donors (Lipinski definition) is 1. The summed E-state index contributed by atoms with van der Waals surface area (Å²) in [6, 6.07) is 5.53. The zero-order chi connectivity index (χ0) is 12.4. The molecule has 1 N–H and O–H groups in total. The highest BCUT2D eigenvalue weighted by atomic mass is 35.5. The van der Waals surface area contributed by atoms with Gasteiger partial charge in [0.05, 0.1) is 17.6 Å². The fraction of sp³-hybridized carbons (Fsp3) is 0.417. The summed E-state index contributed by atoms with van der Waals surface area (Å²) in [5.41, 5.74) is 1.76. The van der Waals surface area contributed by atoms with Crippen LogP contribution in [-0.4, -0.2) is 28.4 Å². The van der Waals surface area contributed by atoms with Gasteiger partial charge in [-0.2, -0.15) is 0 Å². The Balaban J connectivity index is 2.54. The predicted octanol–water partition coefficient (Wildman–Crippen LogP) is 2.39. The number of imidazole rings is 1. The first-order valence-corrected chi connectivity index (χ1v) is 5.84. The van der Waals surface area contributed by atoms with E-state index in [1.165, 1.54) is 0 Å². The first kappa shape index (κ1) is 12.4. The van der Waals surface area contributed by atoms with Crippen LogP contribution in [-0.2, 0) is 11.3 Å². The Morgan fingerprint density at radius 3 is 2.94 bits per heavy atom.